The lowest BCUT2D eigenvalue weighted by Gasteiger charge is -2.18. The van der Waals surface area contributed by atoms with Crippen LogP contribution in [-0.2, 0) is 11.2 Å². The van der Waals surface area contributed by atoms with Crippen molar-refractivity contribution in [1.29, 1.82) is 0 Å². The number of nitrogens with one attached hydrogen (secondary N) is 1. The number of carbonyl (C=O) groups is 1. The summed E-state index contributed by atoms with van der Waals surface area (Å²) in [7, 11) is 0. The van der Waals surface area contributed by atoms with Gasteiger partial charge in [0.25, 0.3) is 0 Å². The fourth-order valence-electron chi connectivity index (χ4n) is 2.88. The number of carbonyl (C=O) groups excluding carboxylic acids is 1. The van der Waals surface area contributed by atoms with E-state index in [1.807, 2.05) is 52.8 Å². The van der Waals surface area contributed by atoms with Gasteiger partial charge in [0.2, 0.25) is 5.91 Å². The lowest BCUT2D eigenvalue weighted by Crippen LogP contribution is -2.28. The van der Waals surface area contributed by atoms with Crippen molar-refractivity contribution in [2.24, 2.45) is 0 Å². The molecule has 1 N–H and O–H groups in total. The van der Waals surface area contributed by atoms with Crippen LogP contribution in [0.5, 0.6) is 11.5 Å². The summed E-state index contributed by atoms with van der Waals surface area (Å²) >= 11 is 0. The molecular weight excluding hydrogens is 326 g/mol. The smallest absolute Gasteiger partial charge is 0.224 e. The van der Waals surface area contributed by atoms with E-state index in [0.717, 1.165) is 22.4 Å². The van der Waals surface area contributed by atoms with E-state index in [1.165, 1.54) is 5.56 Å². The number of hydrogen-bond acceptors (Lipinski definition) is 3. The van der Waals surface area contributed by atoms with Crippen molar-refractivity contribution in [3.63, 3.8) is 0 Å². The molecule has 2 aromatic carbocycles. The average molecular weight is 355 g/mol. The van der Waals surface area contributed by atoms with Gasteiger partial charge in [-0.3, -0.25) is 4.79 Å². The summed E-state index contributed by atoms with van der Waals surface area (Å²) in [5.41, 5.74) is 4.36. The van der Waals surface area contributed by atoms with Crippen molar-refractivity contribution in [2.75, 3.05) is 13.2 Å². The van der Waals surface area contributed by atoms with Gasteiger partial charge in [0.1, 0.15) is 0 Å². The third-order valence-corrected chi connectivity index (χ3v) is 4.30. The Balaban J connectivity index is 2.08. The van der Waals surface area contributed by atoms with Crippen LogP contribution in [-0.4, -0.2) is 19.1 Å². The summed E-state index contributed by atoms with van der Waals surface area (Å²) < 4.78 is 11.3. The Labute approximate surface area is 156 Å². The molecule has 4 nitrogen and oxygen atoms in total. The van der Waals surface area contributed by atoms with Crippen LogP contribution in [0.25, 0.3) is 0 Å². The Morgan fingerprint density at radius 3 is 2.38 bits per heavy atom. The molecule has 0 spiro atoms. The lowest BCUT2D eigenvalue weighted by atomic mass is 10.0. The zero-order valence-corrected chi connectivity index (χ0v) is 16.4. The van der Waals surface area contributed by atoms with Crippen LogP contribution in [0.15, 0.2) is 36.4 Å². The standard InChI is InChI=1S/C22H29NO3/c1-6-25-20-11-10-18(13-21(20)26-7-2)17(5)23-22(24)14-19-12-15(3)8-9-16(19)4/h8-13,17H,6-7,14H2,1-5H3,(H,23,24)/t17-/m1/s1. The maximum absolute atomic E-state index is 12.5. The summed E-state index contributed by atoms with van der Waals surface area (Å²) in [5.74, 6) is 1.45. The van der Waals surface area contributed by atoms with Gasteiger partial charge >= 0.3 is 0 Å². The Morgan fingerprint density at radius 2 is 1.69 bits per heavy atom. The van der Waals surface area contributed by atoms with Gasteiger partial charge in [-0.1, -0.05) is 29.8 Å². The molecule has 0 heterocycles. The highest BCUT2D eigenvalue weighted by Crippen LogP contribution is 2.30. The summed E-state index contributed by atoms with van der Waals surface area (Å²) in [6.45, 7) is 11.1. The highest BCUT2D eigenvalue weighted by Gasteiger charge is 2.14. The molecule has 2 rings (SSSR count). The van der Waals surface area contributed by atoms with Gasteiger partial charge in [0.15, 0.2) is 11.5 Å². The van der Waals surface area contributed by atoms with Crippen molar-refractivity contribution in [3.05, 3.63) is 58.7 Å². The molecule has 0 aromatic heterocycles. The van der Waals surface area contributed by atoms with E-state index in [-0.39, 0.29) is 11.9 Å². The Kier molecular flexibility index (Phi) is 7.07. The molecular formula is C22H29NO3. The predicted molar refractivity (Wildman–Crippen MR) is 105 cm³/mol. The van der Waals surface area contributed by atoms with Gasteiger partial charge < -0.3 is 14.8 Å². The molecule has 0 unspecified atom stereocenters. The third kappa shape index (κ3) is 5.25. The average Bonchev–Trinajstić information content (AvgIpc) is 2.60. The molecule has 0 bridgehead atoms. The van der Waals surface area contributed by atoms with Crippen LogP contribution >= 0.6 is 0 Å². The maximum atomic E-state index is 12.5. The SMILES string of the molecule is CCOc1ccc([C@@H](C)NC(=O)Cc2cc(C)ccc2C)cc1OCC. The summed E-state index contributed by atoms with van der Waals surface area (Å²) in [6.07, 6.45) is 0.382. The number of amides is 1. The highest BCUT2D eigenvalue weighted by atomic mass is 16.5. The topological polar surface area (TPSA) is 47.6 Å². The number of aryl methyl sites for hydroxylation is 2. The molecule has 2 aromatic rings. The highest BCUT2D eigenvalue weighted by molar-refractivity contribution is 5.79. The zero-order chi connectivity index (χ0) is 19.1. The second-order valence-corrected chi connectivity index (χ2v) is 6.47. The minimum Gasteiger partial charge on any atom is -0.490 e. The van der Waals surface area contributed by atoms with Crippen LogP contribution < -0.4 is 14.8 Å². The number of ether oxygens (including phenoxy) is 2. The predicted octanol–water partition coefficient (Wildman–Crippen LogP) is 4.52. The summed E-state index contributed by atoms with van der Waals surface area (Å²) in [5, 5.41) is 3.08. The first-order valence-electron chi connectivity index (χ1n) is 9.19. The van der Waals surface area contributed by atoms with Crippen LogP contribution in [0, 0.1) is 13.8 Å². The molecule has 1 atom stereocenters. The van der Waals surface area contributed by atoms with E-state index in [2.05, 4.69) is 23.5 Å². The fourth-order valence-corrected chi connectivity index (χ4v) is 2.88. The summed E-state index contributed by atoms with van der Waals surface area (Å²) in [4.78, 5) is 12.5. The van der Waals surface area contributed by atoms with Gasteiger partial charge in [-0.05, 0) is 63.4 Å². The van der Waals surface area contributed by atoms with Gasteiger partial charge in [-0.2, -0.15) is 0 Å². The van der Waals surface area contributed by atoms with E-state index < -0.39 is 0 Å². The van der Waals surface area contributed by atoms with Crippen molar-refractivity contribution in [3.8, 4) is 11.5 Å². The Morgan fingerprint density at radius 1 is 1.00 bits per heavy atom. The van der Waals surface area contributed by atoms with Gasteiger partial charge in [-0.15, -0.1) is 0 Å². The van der Waals surface area contributed by atoms with Crippen LogP contribution in [0.3, 0.4) is 0 Å². The van der Waals surface area contributed by atoms with E-state index in [4.69, 9.17) is 9.47 Å². The number of benzene rings is 2. The molecule has 0 aliphatic carbocycles. The Bertz CT molecular complexity index is 755. The minimum atomic E-state index is -0.109. The van der Waals surface area contributed by atoms with Gasteiger partial charge in [0.05, 0.1) is 25.7 Å². The van der Waals surface area contributed by atoms with E-state index in [0.29, 0.717) is 25.4 Å². The number of rotatable bonds is 8. The fraction of sp³-hybridized carbons (Fsp3) is 0.409. The first-order chi connectivity index (χ1) is 12.4. The molecule has 140 valence electrons. The Hall–Kier alpha value is -2.49. The second-order valence-electron chi connectivity index (χ2n) is 6.47. The van der Waals surface area contributed by atoms with Crippen molar-refractivity contribution < 1.29 is 14.3 Å². The van der Waals surface area contributed by atoms with E-state index in [9.17, 15) is 4.79 Å². The summed E-state index contributed by atoms with van der Waals surface area (Å²) in [6, 6.07) is 11.9. The minimum absolute atomic E-state index is 0.0121. The first-order valence-corrected chi connectivity index (χ1v) is 9.19. The van der Waals surface area contributed by atoms with E-state index in [1.54, 1.807) is 0 Å². The molecule has 0 saturated carbocycles. The number of hydrogen-bond donors (Lipinski definition) is 1. The molecule has 1 amide bonds. The maximum Gasteiger partial charge on any atom is 0.224 e. The molecule has 26 heavy (non-hydrogen) atoms. The van der Waals surface area contributed by atoms with Gasteiger partial charge in [0, 0.05) is 0 Å². The molecule has 0 saturated heterocycles. The molecule has 0 aliphatic heterocycles. The molecule has 0 aliphatic rings. The molecule has 4 heteroatoms. The van der Waals surface area contributed by atoms with Crippen molar-refractivity contribution in [1.82, 2.24) is 5.32 Å². The third-order valence-electron chi connectivity index (χ3n) is 4.30. The van der Waals surface area contributed by atoms with E-state index >= 15 is 0 Å². The van der Waals surface area contributed by atoms with Crippen LogP contribution in [0.4, 0.5) is 0 Å². The monoisotopic (exact) mass is 355 g/mol. The van der Waals surface area contributed by atoms with Gasteiger partial charge in [-0.25, -0.2) is 0 Å². The molecule has 0 fully saturated rings. The lowest BCUT2D eigenvalue weighted by molar-refractivity contribution is -0.121. The quantitative estimate of drug-likeness (QED) is 0.757. The molecule has 0 radical (unpaired) electrons. The second kappa shape index (κ2) is 9.27. The van der Waals surface area contributed by atoms with Crippen molar-refractivity contribution in [2.45, 2.75) is 47.1 Å². The first kappa shape index (κ1) is 19.8. The normalized spacial score (nSPS) is 11.7. The van der Waals surface area contributed by atoms with Crippen LogP contribution in [0.1, 0.15) is 49.1 Å². The zero-order valence-electron chi connectivity index (χ0n) is 16.4. The largest absolute Gasteiger partial charge is 0.490 e. The van der Waals surface area contributed by atoms with Crippen molar-refractivity contribution >= 4 is 5.91 Å². The van der Waals surface area contributed by atoms with Crippen LogP contribution in [0.2, 0.25) is 0 Å².